The molecule has 4 heteroatoms. The van der Waals surface area contributed by atoms with Crippen molar-refractivity contribution >= 4 is 16.9 Å². The number of para-hydroxylation sites is 1. The maximum absolute atomic E-state index is 11.3. The van der Waals surface area contributed by atoms with Gasteiger partial charge >= 0.3 is 5.97 Å². The number of benzene rings is 1. The number of hydrogen-bond acceptors (Lipinski definition) is 2. The van der Waals surface area contributed by atoms with E-state index in [0.29, 0.717) is 0 Å². The SMILES string of the molecule is O=C(O)C1CCCCC1CNCc1c[nH]c2ccccc12. The predicted molar refractivity (Wildman–Crippen MR) is 83.1 cm³/mol. The first kappa shape index (κ1) is 14.1. The molecule has 0 amide bonds. The van der Waals surface area contributed by atoms with E-state index in [-0.39, 0.29) is 11.8 Å². The molecule has 0 radical (unpaired) electrons. The lowest BCUT2D eigenvalue weighted by molar-refractivity contribution is -0.144. The largest absolute Gasteiger partial charge is 0.481 e. The normalized spacial score (nSPS) is 22.5. The molecule has 0 aliphatic heterocycles. The van der Waals surface area contributed by atoms with Gasteiger partial charge in [-0.05, 0) is 36.9 Å². The number of fused-ring (bicyclic) bond motifs is 1. The third kappa shape index (κ3) is 3.10. The quantitative estimate of drug-likeness (QED) is 0.791. The summed E-state index contributed by atoms with van der Waals surface area (Å²) in [5, 5.41) is 14.0. The lowest BCUT2D eigenvalue weighted by atomic mass is 9.79. The molecule has 1 aliphatic carbocycles. The molecule has 112 valence electrons. The molecule has 0 spiro atoms. The lowest BCUT2D eigenvalue weighted by Crippen LogP contribution is -2.34. The summed E-state index contributed by atoms with van der Waals surface area (Å²) in [5.74, 6) is -0.538. The van der Waals surface area contributed by atoms with Crippen LogP contribution in [0.5, 0.6) is 0 Å². The van der Waals surface area contributed by atoms with Gasteiger partial charge in [-0.1, -0.05) is 31.0 Å². The van der Waals surface area contributed by atoms with Crippen LogP contribution in [0.4, 0.5) is 0 Å². The van der Waals surface area contributed by atoms with E-state index in [1.54, 1.807) is 0 Å². The third-order valence-corrected chi connectivity index (χ3v) is 4.62. The molecule has 3 rings (SSSR count). The summed E-state index contributed by atoms with van der Waals surface area (Å²) in [6, 6.07) is 8.25. The Morgan fingerprint density at radius 2 is 2.10 bits per heavy atom. The zero-order valence-electron chi connectivity index (χ0n) is 12.1. The molecule has 2 atom stereocenters. The van der Waals surface area contributed by atoms with Crippen LogP contribution in [0, 0.1) is 11.8 Å². The summed E-state index contributed by atoms with van der Waals surface area (Å²) < 4.78 is 0. The van der Waals surface area contributed by atoms with E-state index in [4.69, 9.17) is 0 Å². The minimum atomic E-state index is -0.631. The van der Waals surface area contributed by atoms with Gasteiger partial charge in [0, 0.05) is 23.6 Å². The van der Waals surface area contributed by atoms with Gasteiger partial charge in [-0.3, -0.25) is 4.79 Å². The molecule has 2 aromatic rings. The lowest BCUT2D eigenvalue weighted by Gasteiger charge is -2.28. The highest BCUT2D eigenvalue weighted by atomic mass is 16.4. The van der Waals surface area contributed by atoms with Crippen LogP contribution >= 0.6 is 0 Å². The summed E-state index contributed by atoms with van der Waals surface area (Å²) in [4.78, 5) is 14.6. The van der Waals surface area contributed by atoms with Gasteiger partial charge in [-0.25, -0.2) is 0 Å². The van der Waals surface area contributed by atoms with Crippen LogP contribution in [0.2, 0.25) is 0 Å². The minimum absolute atomic E-state index is 0.172. The minimum Gasteiger partial charge on any atom is -0.481 e. The second-order valence-electron chi connectivity index (χ2n) is 5.98. The zero-order chi connectivity index (χ0) is 14.7. The van der Waals surface area contributed by atoms with E-state index in [0.717, 1.165) is 44.3 Å². The van der Waals surface area contributed by atoms with Crippen LogP contribution in [-0.4, -0.2) is 22.6 Å². The average molecular weight is 286 g/mol. The van der Waals surface area contributed by atoms with Gasteiger partial charge in [0.15, 0.2) is 0 Å². The van der Waals surface area contributed by atoms with E-state index in [1.165, 1.54) is 10.9 Å². The molecule has 1 aromatic carbocycles. The van der Waals surface area contributed by atoms with E-state index in [2.05, 4.69) is 22.4 Å². The number of carboxylic acid groups (broad SMARTS) is 1. The van der Waals surface area contributed by atoms with Crippen molar-refractivity contribution in [1.82, 2.24) is 10.3 Å². The summed E-state index contributed by atoms with van der Waals surface area (Å²) in [6.07, 6.45) is 6.10. The average Bonchev–Trinajstić information content (AvgIpc) is 2.91. The maximum atomic E-state index is 11.3. The number of aliphatic carboxylic acids is 1. The molecule has 1 aromatic heterocycles. The molecule has 1 saturated carbocycles. The Balaban J connectivity index is 1.59. The van der Waals surface area contributed by atoms with Crippen LogP contribution in [-0.2, 0) is 11.3 Å². The van der Waals surface area contributed by atoms with Crippen molar-refractivity contribution in [3.8, 4) is 0 Å². The van der Waals surface area contributed by atoms with Crippen molar-refractivity contribution in [3.63, 3.8) is 0 Å². The van der Waals surface area contributed by atoms with E-state index in [9.17, 15) is 9.90 Å². The highest BCUT2D eigenvalue weighted by Gasteiger charge is 2.30. The van der Waals surface area contributed by atoms with Gasteiger partial charge in [0.25, 0.3) is 0 Å². The summed E-state index contributed by atoms with van der Waals surface area (Å²) in [5.41, 5.74) is 2.39. The Labute approximate surface area is 124 Å². The van der Waals surface area contributed by atoms with E-state index >= 15 is 0 Å². The molecule has 1 fully saturated rings. The molecular weight excluding hydrogens is 264 g/mol. The Kier molecular flexibility index (Phi) is 4.25. The van der Waals surface area contributed by atoms with Crippen LogP contribution in [0.1, 0.15) is 31.2 Å². The molecule has 1 aliphatic rings. The number of aromatic amines is 1. The van der Waals surface area contributed by atoms with Crippen LogP contribution in [0.15, 0.2) is 30.5 Å². The highest BCUT2D eigenvalue weighted by Crippen LogP contribution is 2.29. The Morgan fingerprint density at radius 3 is 2.95 bits per heavy atom. The second-order valence-corrected chi connectivity index (χ2v) is 5.98. The fourth-order valence-corrected chi connectivity index (χ4v) is 3.45. The first-order valence-electron chi connectivity index (χ1n) is 7.74. The van der Waals surface area contributed by atoms with Crippen molar-refractivity contribution in [2.24, 2.45) is 11.8 Å². The molecule has 0 saturated heterocycles. The van der Waals surface area contributed by atoms with E-state index in [1.807, 2.05) is 18.3 Å². The molecule has 0 bridgehead atoms. The number of rotatable bonds is 5. The topological polar surface area (TPSA) is 65.1 Å². The Morgan fingerprint density at radius 1 is 1.29 bits per heavy atom. The summed E-state index contributed by atoms with van der Waals surface area (Å²) in [6.45, 7) is 1.57. The monoisotopic (exact) mass is 286 g/mol. The van der Waals surface area contributed by atoms with Gasteiger partial charge < -0.3 is 15.4 Å². The molecule has 3 N–H and O–H groups in total. The van der Waals surface area contributed by atoms with Gasteiger partial charge in [-0.15, -0.1) is 0 Å². The molecular formula is C17H22N2O2. The number of aromatic nitrogens is 1. The smallest absolute Gasteiger partial charge is 0.306 e. The fraction of sp³-hybridized carbons (Fsp3) is 0.471. The predicted octanol–water partition coefficient (Wildman–Crippen LogP) is 3.15. The number of carboxylic acids is 1. The van der Waals surface area contributed by atoms with Crippen molar-refractivity contribution in [2.45, 2.75) is 32.2 Å². The van der Waals surface area contributed by atoms with Crippen molar-refractivity contribution in [3.05, 3.63) is 36.0 Å². The third-order valence-electron chi connectivity index (χ3n) is 4.62. The van der Waals surface area contributed by atoms with Crippen molar-refractivity contribution in [1.29, 1.82) is 0 Å². The van der Waals surface area contributed by atoms with E-state index < -0.39 is 5.97 Å². The molecule has 2 unspecified atom stereocenters. The zero-order valence-corrected chi connectivity index (χ0v) is 12.1. The van der Waals surface area contributed by atoms with Crippen molar-refractivity contribution < 1.29 is 9.90 Å². The van der Waals surface area contributed by atoms with Gasteiger partial charge in [0.2, 0.25) is 0 Å². The Hall–Kier alpha value is -1.81. The van der Waals surface area contributed by atoms with Crippen LogP contribution in [0.25, 0.3) is 10.9 Å². The number of nitrogens with one attached hydrogen (secondary N) is 2. The molecule has 4 nitrogen and oxygen atoms in total. The number of carbonyl (C=O) groups is 1. The first-order chi connectivity index (χ1) is 10.3. The van der Waals surface area contributed by atoms with Crippen LogP contribution in [0.3, 0.4) is 0 Å². The molecule has 1 heterocycles. The maximum Gasteiger partial charge on any atom is 0.306 e. The van der Waals surface area contributed by atoms with Gasteiger partial charge in [0.1, 0.15) is 0 Å². The summed E-state index contributed by atoms with van der Waals surface area (Å²) >= 11 is 0. The first-order valence-corrected chi connectivity index (χ1v) is 7.74. The highest BCUT2D eigenvalue weighted by molar-refractivity contribution is 5.82. The molecule has 21 heavy (non-hydrogen) atoms. The number of H-pyrrole nitrogens is 1. The fourth-order valence-electron chi connectivity index (χ4n) is 3.45. The van der Waals surface area contributed by atoms with Crippen LogP contribution < -0.4 is 5.32 Å². The standard InChI is InChI=1S/C17H22N2O2/c20-17(21)15-7-2-1-5-12(15)9-18-10-13-11-19-16-8-4-3-6-14(13)16/h3-4,6,8,11-12,15,18-19H,1-2,5,7,9-10H2,(H,20,21). The number of hydrogen-bond donors (Lipinski definition) is 3. The second kappa shape index (κ2) is 6.31. The van der Waals surface area contributed by atoms with Gasteiger partial charge in [-0.2, -0.15) is 0 Å². The van der Waals surface area contributed by atoms with Gasteiger partial charge in [0.05, 0.1) is 5.92 Å². The summed E-state index contributed by atoms with van der Waals surface area (Å²) in [7, 11) is 0. The Bertz CT molecular complexity index is 620. The van der Waals surface area contributed by atoms with Crippen molar-refractivity contribution in [2.75, 3.05) is 6.54 Å².